The van der Waals surface area contributed by atoms with E-state index in [-0.39, 0.29) is 0 Å². The molecule has 9 rings (SSSR count). The Morgan fingerprint density at radius 3 is 1.50 bits per heavy atom. The fourth-order valence-corrected chi connectivity index (χ4v) is 7.08. The van der Waals surface area contributed by atoms with E-state index in [1.54, 1.807) is 0 Å². The normalized spacial score (nSPS) is 11.3. The van der Waals surface area contributed by atoms with E-state index in [0.29, 0.717) is 0 Å². The third kappa shape index (κ3) is 4.83. The van der Waals surface area contributed by atoms with E-state index in [1.165, 1.54) is 60.6 Å². The molecule has 0 atom stereocenters. The highest BCUT2D eigenvalue weighted by molar-refractivity contribution is 6.15. The first-order valence-corrected chi connectivity index (χ1v) is 16.4. The van der Waals surface area contributed by atoms with Gasteiger partial charge < -0.3 is 9.30 Å². The van der Waals surface area contributed by atoms with Gasteiger partial charge in [-0.1, -0.05) is 133 Å². The molecule has 2 heteroatoms. The maximum absolute atomic E-state index is 2.36. The number of rotatable bonds is 6. The number of hydrogen-bond acceptors (Lipinski definition) is 1. The van der Waals surface area contributed by atoms with Crippen LogP contribution in [-0.4, -0.2) is 4.40 Å². The van der Waals surface area contributed by atoms with Crippen LogP contribution in [0.1, 0.15) is 0 Å². The van der Waals surface area contributed by atoms with Gasteiger partial charge in [0, 0.05) is 39.6 Å². The van der Waals surface area contributed by atoms with Crippen LogP contribution in [0.5, 0.6) is 0 Å². The number of benzene rings is 7. The average Bonchev–Trinajstić information content (AvgIpc) is 3.51. The predicted octanol–water partition coefficient (Wildman–Crippen LogP) is 12.7. The van der Waals surface area contributed by atoms with E-state index in [0.717, 1.165) is 17.1 Å². The molecular weight excluding hydrogens is 581 g/mol. The maximum atomic E-state index is 2.36. The molecule has 0 radical (unpaired) electrons. The van der Waals surface area contributed by atoms with Crippen molar-refractivity contribution in [1.29, 1.82) is 0 Å². The molecule has 226 valence electrons. The second-order valence-electron chi connectivity index (χ2n) is 12.2. The number of para-hydroxylation sites is 3. The van der Waals surface area contributed by atoms with Crippen LogP contribution < -0.4 is 4.90 Å². The third-order valence-corrected chi connectivity index (χ3v) is 9.39. The summed E-state index contributed by atoms with van der Waals surface area (Å²) in [5.74, 6) is 0. The minimum atomic E-state index is 1.13. The van der Waals surface area contributed by atoms with E-state index in [2.05, 4.69) is 204 Å². The second kappa shape index (κ2) is 11.8. The van der Waals surface area contributed by atoms with Crippen molar-refractivity contribution in [1.82, 2.24) is 4.40 Å². The average molecular weight is 613 g/mol. The molecule has 0 N–H and O–H groups in total. The van der Waals surface area contributed by atoms with E-state index in [9.17, 15) is 0 Å². The summed E-state index contributed by atoms with van der Waals surface area (Å²) < 4.78 is 2.35. The fraction of sp³-hybridized carbons (Fsp3) is 0. The Morgan fingerprint density at radius 1 is 0.354 bits per heavy atom. The van der Waals surface area contributed by atoms with Crippen LogP contribution in [0.3, 0.4) is 0 Å². The summed E-state index contributed by atoms with van der Waals surface area (Å²) in [7, 11) is 0. The second-order valence-corrected chi connectivity index (χ2v) is 12.2. The monoisotopic (exact) mass is 612 g/mol. The van der Waals surface area contributed by atoms with Crippen LogP contribution in [-0.2, 0) is 0 Å². The van der Waals surface area contributed by atoms with Gasteiger partial charge in [-0.05, 0) is 87.8 Å². The summed E-state index contributed by atoms with van der Waals surface area (Å²) in [6.07, 6.45) is 2.21. The van der Waals surface area contributed by atoms with Gasteiger partial charge >= 0.3 is 0 Å². The van der Waals surface area contributed by atoms with Crippen molar-refractivity contribution in [2.75, 3.05) is 4.90 Å². The van der Waals surface area contributed by atoms with Crippen LogP contribution in [0.25, 0.3) is 60.6 Å². The van der Waals surface area contributed by atoms with Gasteiger partial charge in [-0.15, -0.1) is 0 Å². The fourth-order valence-electron chi connectivity index (χ4n) is 7.08. The molecule has 0 aliphatic rings. The van der Waals surface area contributed by atoms with Crippen molar-refractivity contribution in [2.45, 2.75) is 0 Å². The van der Waals surface area contributed by atoms with Crippen LogP contribution in [0, 0.1) is 0 Å². The van der Waals surface area contributed by atoms with Gasteiger partial charge in [0.15, 0.2) is 0 Å². The lowest BCUT2D eigenvalue weighted by molar-refractivity contribution is 1.27. The van der Waals surface area contributed by atoms with Gasteiger partial charge in [0.1, 0.15) is 0 Å². The first-order valence-electron chi connectivity index (χ1n) is 16.4. The van der Waals surface area contributed by atoms with Crippen molar-refractivity contribution in [2.24, 2.45) is 0 Å². The number of nitrogens with zero attached hydrogens (tertiary/aromatic N) is 2. The van der Waals surface area contributed by atoms with Crippen molar-refractivity contribution in [3.63, 3.8) is 0 Å². The van der Waals surface area contributed by atoms with Gasteiger partial charge in [-0.2, -0.15) is 0 Å². The number of fused-ring (bicyclic) bond motifs is 5. The van der Waals surface area contributed by atoms with Gasteiger partial charge in [0.05, 0.1) is 11.0 Å². The van der Waals surface area contributed by atoms with Crippen LogP contribution in [0.4, 0.5) is 17.1 Å². The molecule has 0 saturated heterocycles. The molecule has 0 bridgehead atoms. The minimum Gasteiger partial charge on any atom is -0.315 e. The van der Waals surface area contributed by atoms with Crippen LogP contribution in [0.15, 0.2) is 194 Å². The summed E-state index contributed by atoms with van der Waals surface area (Å²) in [6.45, 7) is 0. The zero-order valence-electron chi connectivity index (χ0n) is 26.4. The molecule has 2 nitrogen and oxygen atoms in total. The van der Waals surface area contributed by atoms with Crippen molar-refractivity contribution >= 4 is 44.3 Å². The molecule has 0 fully saturated rings. The first kappa shape index (κ1) is 27.9. The summed E-state index contributed by atoms with van der Waals surface area (Å²) in [4.78, 5) is 2.29. The van der Waals surface area contributed by atoms with Crippen molar-refractivity contribution in [3.05, 3.63) is 194 Å². The van der Waals surface area contributed by atoms with E-state index >= 15 is 0 Å². The summed E-state index contributed by atoms with van der Waals surface area (Å²) >= 11 is 0. The van der Waals surface area contributed by atoms with E-state index in [1.807, 2.05) is 0 Å². The number of hydrogen-bond donors (Lipinski definition) is 0. The SMILES string of the molecule is c1ccc(-c2c3ccccc3n3ccc4ccc(-c5ccc(-c6ccc(N(c7ccccc7)c7ccccc7)cc6)cc5)cc4c23)cc1. The zero-order valence-corrected chi connectivity index (χ0v) is 26.4. The summed E-state index contributed by atoms with van der Waals surface area (Å²) in [5, 5.41) is 3.77. The largest absolute Gasteiger partial charge is 0.315 e. The lowest BCUT2D eigenvalue weighted by Gasteiger charge is -2.25. The van der Waals surface area contributed by atoms with Gasteiger partial charge in [0.25, 0.3) is 0 Å². The molecule has 9 aromatic rings. The molecule has 0 aliphatic heterocycles. The molecule has 2 aromatic heterocycles. The maximum Gasteiger partial charge on any atom is 0.0619 e. The number of anilines is 3. The standard InChI is InChI=1S/C46H32N2/c1-4-12-37(13-5-1)45-42-18-10-11-19-44(42)47-31-30-36-24-25-38(32-43(36)46(45)47)35-22-20-33(21-23-35)34-26-28-41(29-27-34)48(39-14-6-2-7-15-39)40-16-8-3-9-17-40/h1-32H. The smallest absolute Gasteiger partial charge is 0.0619 e. The van der Waals surface area contributed by atoms with Crippen LogP contribution in [0.2, 0.25) is 0 Å². The number of pyridine rings is 1. The lowest BCUT2D eigenvalue weighted by atomic mass is 9.96. The number of aromatic nitrogens is 1. The Balaban J connectivity index is 1.08. The minimum absolute atomic E-state index is 1.13. The zero-order chi connectivity index (χ0) is 31.9. The summed E-state index contributed by atoms with van der Waals surface area (Å²) in [5.41, 5.74) is 13.2. The third-order valence-electron chi connectivity index (χ3n) is 9.39. The summed E-state index contributed by atoms with van der Waals surface area (Å²) in [6, 6.07) is 67.5. The van der Waals surface area contributed by atoms with Gasteiger partial charge in [-0.3, -0.25) is 0 Å². The highest BCUT2D eigenvalue weighted by atomic mass is 15.1. The molecule has 2 heterocycles. The van der Waals surface area contributed by atoms with Crippen molar-refractivity contribution in [3.8, 4) is 33.4 Å². The Labute approximate surface area is 280 Å². The van der Waals surface area contributed by atoms with Gasteiger partial charge in [-0.25, -0.2) is 0 Å². The molecule has 0 aliphatic carbocycles. The molecule has 0 amide bonds. The Kier molecular flexibility index (Phi) is 6.84. The Morgan fingerprint density at radius 2 is 0.854 bits per heavy atom. The highest BCUT2D eigenvalue weighted by Crippen LogP contribution is 2.40. The molecule has 7 aromatic carbocycles. The molecule has 0 unspecified atom stereocenters. The predicted molar refractivity (Wildman–Crippen MR) is 203 cm³/mol. The lowest BCUT2D eigenvalue weighted by Crippen LogP contribution is -2.09. The quantitative estimate of drug-likeness (QED) is 0.181. The van der Waals surface area contributed by atoms with E-state index in [4.69, 9.17) is 0 Å². The van der Waals surface area contributed by atoms with Crippen LogP contribution >= 0.6 is 0 Å². The molecule has 48 heavy (non-hydrogen) atoms. The molecular formula is C46H32N2. The van der Waals surface area contributed by atoms with Crippen molar-refractivity contribution < 1.29 is 0 Å². The Bertz CT molecular complexity index is 2470. The van der Waals surface area contributed by atoms with Gasteiger partial charge in [0.2, 0.25) is 0 Å². The topological polar surface area (TPSA) is 7.65 Å². The Hall–Kier alpha value is -6.38. The molecule has 0 spiro atoms. The first-order chi connectivity index (χ1) is 23.8. The van der Waals surface area contributed by atoms with E-state index < -0.39 is 0 Å². The highest BCUT2D eigenvalue weighted by Gasteiger charge is 2.17. The molecule has 0 saturated carbocycles.